The van der Waals surface area contributed by atoms with Gasteiger partial charge < -0.3 is 0 Å². The molecule has 0 amide bonds. The third kappa shape index (κ3) is 2.92. The number of rotatable bonds is 3. The number of hydrogen-bond donors (Lipinski definition) is 0. The van der Waals surface area contributed by atoms with E-state index in [1.807, 2.05) is 0 Å². The van der Waals surface area contributed by atoms with Crippen molar-refractivity contribution in [2.24, 2.45) is 0 Å². The van der Waals surface area contributed by atoms with E-state index in [0.717, 1.165) is 22.5 Å². The van der Waals surface area contributed by atoms with Crippen LogP contribution in [0.15, 0.2) is 5.57 Å². The first-order valence-corrected chi connectivity index (χ1v) is 6.30. The predicted octanol–water partition coefficient (Wildman–Crippen LogP) is 3.95. The van der Waals surface area contributed by atoms with E-state index in [2.05, 4.69) is 47.8 Å². The fraction of sp³-hybridized carbons (Fsp3) is 0.500. The molecule has 0 fully saturated rings. The molecule has 1 heterocycles. The Labute approximate surface area is 92.0 Å². The minimum Gasteiger partial charge on any atom is -0.246 e. The van der Waals surface area contributed by atoms with Crippen molar-refractivity contribution in [2.45, 2.75) is 27.2 Å². The van der Waals surface area contributed by atoms with Crippen LogP contribution in [0.2, 0.25) is 0 Å². The predicted molar refractivity (Wildman–Crippen MR) is 63.7 cm³/mol. The quantitative estimate of drug-likeness (QED) is 0.750. The first kappa shape index (κ1) is 10.9. The van der Waals surface area contributed by atoms with E-state index in [0.29, 0.717) is 0 Å². The zero-order valence-corrected chi connectivity index (χ0v) is 10.6. The summed E-state index contributed by atoms with van der Waals surface area (Å²) in [4.78, 5) is 5.69. The van der Waals surface area contributed by atoms with Crippen molar-refractivity contribution in [1.29, 1.82) is 0 Å². The first-order chi connectivity index (χ1) is 6.17. The highest BCUT2D eigenvalue weighted by Crippen LogP contribution is 2.21. The second-order valence-electron chi connectivity index (χ2n) is 2.97. The molecular formula is C10H14BrNS. The minimum atomic E-state index is 0.958. The van der Waals surface area contributed by atoms with Crippen molar-refractivity contribution in [3.8, 4) is 0 Å². The molecule has 0 saturated carbocycles. The molecule has 0 unspecified atom stereocenters. The van der Waals surface area contributed by atoms with E-state index in [1.165, 1.54) is 10.5 Å². The third-order valence-corrected chi connectivity index (χ3v) is 3.64. The Morgan fingerprint density at radius 3 is 2.62 bits per heavy atom. The first-order valence-electron chi connectivity index (χ1n) is 4.36. The number of aryl methyl sites for hydroxylation is 2. The van der Waals surface area contributed by atoms with Gasteiger partial charge in [0.1, 0.15) is 0 Å². The Balaban J connectivity index is 2.95. The van der Waals surface area contributed by atoms with E-state index in [-0.39, 0.29) is 0 Å². The van der Waals surface area contributed by atoms with Crippen LogP contribution in [0.4, 0.5) is 0 Å². The van der Waals surface area contributed by atoms with Gasteiger partial charge in [-0.1, -0.05) is 28.4 Å². The Morgan fingerprint density at radius 1 is 1.54 bits per heavy atom. The van der Waals surface area contributed by atoms with Crippen LogP contribution >= 0.6 is 27.3 Å². The Kier molecular flexibility index (Phi) is 4.13. The van der Waals surface area contributed by atoms with E-state index < -0.39 is 0 Å². The molecular weight excluding hydrogens is 246 g/mol. The fourth-order valence-electron chi connectivity index (χ4n) is 1.10. The maximum Gasteiger partial charge on any atom is 0.0903 e. The Bertz CT molecular complexity index is 309. The molecule has 72 valence electrons. The molecule has 13 heavy (non-hydrogen) atoms. The van der Waals surface area contributed by atoms with Gasteiger partial charge in [-0.3, -0.25) is 0 Å². The second-order valence-corrected chi connectivity index (χ2v) is 4.77. The van der Waals surface area contributed by atoms with Crippen molar-refractivity contribution in [3.05, 3.63) is 21.2 Å². The number of nitrogens with zero attached hydrogens (tertiary/aromatic N) is 1. The minimum absolute atomic E-state index is 0.958. The second kappa shape index (κ2) is 4.91. The largest absolute Gasteiger partial charge is 0.246 e. The number of thiazole rings is 1. The van der Waals surface area contributed by atoms with Crippen LogP contribution in [0.25, 0.3) is 6.08 Å². The monoisotopic (exact) mass is 259 g/mol. The summed E-state index contributed by atoms with van der Waals surface area (Å²) in [6.07, 6.45) is 3.34. The lowest BCUT2D eigenvalue weighted by molar-refractivity contribution is 1.12. The standard InChI is InChI=1S/C10H14BrNS/c1-4-9(6-11)5-10-7(2)12-8(3)13-10/h5H,4,6H2,1-3H3/b9-5+. The molecule has 0 spiro atoms. The lowest BCUT2D eigenvalue weighted by Crippen LogP contribution is -1.81. The van der Waals surface area contributed by atoms with Gasteiger partial charge in [0.15, 0.2) is 0 Å². The molecule has 0 aromatic carbocycles. The number of alkyl halides is 1. The number of halogens is 1. The molecule has 1 aromatic heterocycles. The molecule has 0 radical (unpaired) electrons. The molecule has 0 saturated heterocycles. The molecule has 0 bridgehead atoms. The molecule has 0 aliphatic carbocycles. The summed E-state index contributed by atoms with van der Waals surface area (Å²) in [6, 6.07) is 0. The summed E-state index contributed by atoms with van der Waals surface area (Å²) >= 11 is 5.25. The summed E-state index contributed by atoms with van der Waals surface area (Å²) in [5, 5.41) is 2.11. The van der Waals surface area contributed by atoms with Gasteiger partial charge >= 0.3 is 0 Å². The third-order valence-electron chi connectivity index (χ3n) is 1.90. The highest BCUT2D eigenvalue weighted by molar-refractivity contribution is 9.09. The van der Waals surface area contributed by atoms with Crippen molar-refractivity contribution >= 4 is 33.3 Å². The molecule has 1 rings (SSSR count). The van der Waals surface area contributed by atoms with Crippen LogP contribution in [0.5, 0.6) is 0 Å². The van der Waals surface area contributed by atoms with Gasteiger partial charge in [0.25, 0.3) is 0 Å². The molecule has 1 aromatic rings. The zero-order chi connectivity index (χ0) is 9.84. The van der Waals surface area contributed by atoms with Gasteiger partial charge in [-0.05, 0) is 26.3 Å². The lowest BCUT2D eigenvalue weighted by atomic mass is 10.2. The van der Waals surface area contributed by atoms with E-state index in [1.54, 1.807) is 11.3 Å². The maximum absolute atomic E-state index is 4.39. The summed E-state index contributed by atoms with van der Waals surface area (Å²) in [5.74, 6) is 0. The fourth-order valence-corrected chi connectivity index (χ4v) is 2.58. The van der Waals surface area contributed by atoms with Crippen LogP contribution in [0.3, 0.4) is 0 Å². The zero-order valence-electron chi connectivity index (χ0n) is 8.22. The van der Waals surface area contributed by atoms with Crippen LogP contribution in [-0.2, 0) is 0 Å². The Morgan fingerprint density at radius 2 is 2.23 bits per heavy atom. The van der Waals surface area contributed by atoms with Crippen LogP contribution < -0.4 is 0 Å². The highest BCUT2D eigenvalue weighted by atomic mass is 79.9. The maximum atomic E-state index is 4.39. The van der Waals surface area contributed by atoms with Crippen LogP contribution in [0, 0.1) is 13.8 Å². The summed E-state index contributed by atoms with van der Waals surface area (Å²) in [5.41, 5.74) is 2.57. The molecule has 0 aliphatic heterocycles. The van der Waals surface area contributed by atoms with Gasteiger partial charge in [-0.25, -0.2) is 4.98 Å². The van der Waals surface area contributed by atoms with Crippen LogP contribution in [0.1, 0.15) is 28.9 Å². The molecule has 1 nitrogen and oxygen atoms in total. The molecule has 3 heteroatoms. The SMILES string of the molecule is CC/C(=C\c1sc(C)nc1C)CBr. The van der Waals surface area contributed by atoms with Gasteiger partial charge in [0, 0.05) is 5.33 Å². The van der Waals surface area contributed by atoms with Gasteiger partial charge in [0.2, 0.25) is 0 Å². The molecule has 0 aliphatic rings. The average Bonchev–Trinajstić information content (AvgIpc) is 2.41. The summed E-state index contributed by atoms with van der Waals surface area (Å²) < 4.78 is 0. The lowest BCUT2D eigenvalue weighted by Gasteiger charge is -1.97. The van der Waals surface area contributed by atoms with Crippen molar-refractivity contribution in [3.63, 3.8) is 0 Å². The summed E-state index contributed by atoms with van der Waals surface area (Å²) in [6.45, 7) is 6.29. The highest BCUT2D eigenvalue weighted by Gasteiger charge is 2.02. The van der Waals surface area contributed by atoms with Crippen molar-refractivity contribution in [1.82, 2.24) is 4.98 Å². The Hall–Kier alpha value is -0.150. The smallest absolute Gasteiger partial charge is 0.0903 e. The van der Waals surface area contributed by atoms with E-state index in [9.17, 15) is 0 Å². The van der Waals surface area contributed by atoms with Crippen LogP contribution in [-0.4, -0.2) is 10.3 Å². The number of aromatic nitrogens is 1. The van der Waals surface area contributed by atoms with Gasteiger partial charge in [-0.2, -0.15) is 0 Å². The number of allylic oxidation sites excluding steroid dienone is 1. The van der Waals surface area contributed by atoms with E-state index >= 15 is 0 Å². The number of hydrogen-bond acceptors (Lipinski definition) is 2. The summed E-state index contributed by atoms with van der Waals surface area (Å²) in [7, 11) is 0. The van der Waals surface area contributed by atoms with Crippen molar-refractivity contribution in [2.75, 3.05) is 5.33 Å². The van der Waals surface area contributed by atoms with Crippen molar-refractivity contribution < 1.29 is 0 Å². The topological polar surface area (TPSA) is 12.9 Å². The van der Waals surface area contributed by atoms with Gasteiger partial charge in [-0.15, -0.1) is 11.3 Å². The van der Waals surface area contributed by atoms with Gasteiger partial charge in [0.05, 0.1) is 15.6 Å². The molecule has 0 N–H and O–H groups in total. The molecule has 0 atom stereocenters. The average molecular weight is 260 g/mol. The normalized spacial score (nSPS) is 12.2. The van der Waals surface area contributed by atoms with E-state index in [4.69, 9.17) is 0 Å².